The fraction of sp³-hybridized carbons (Fsp3) is 0.400. The molecule has 2 aromatic carbocycles. The molecule has 4 heteroatoms. The molecule has 0 radical (unpaired) electrons. The first-order chi connectivity index (χ1) is 11.7. The van der Waals surface area contributed by atoms with Gasteiger partial charge in [-0.2, -0.15) is 0 Å². The summed E-state index contributed by atoms with van der Waals surface area (Å²) in [7, 11) is 0. The molecule has 0 saturated carbocycles. The molecular weight excluding hydrogens is 304 g/mol. The quantitative estimate of drug-likeness (QED) is 0.462. The van der Waals surface area contributed by atoms with E-state index >= 15 is 0 Å². The Hall–Kier alpha value is -2.36. The summed E-state index contributed by atoms with van der Waals surface area (Å²) >= 11 is 0. The van der Waals surface area contributed by atoms with Gasteiger partial charge in [-0.05, 0) is 55.0 Å². The van der Waals surface area contributed by atoms with Crippen molar-refractivity contribution in [2.75, 3.05) is 0 Å². The third-order valence-electron chi connectivity index (χ3n) is 3.75. The van der Waals surface area contributed by atoms with Crippen molar-refractivity contribution >= 4 is 0 Å². The van der Waals surface area contributed by atoms with Crippen LogP contribution in [0.3, 0.4) is 0 Å². The molecule has 130 valence electrons. The lowest BCUT2D eigenvalue weighted by atomic mass is 10.1. The number of rotatable bonds is 10. The predicted octanol–water partition coefficient (Wildman–Crippen LogP) is 5.24. The highest BCUT2D eigenvalue weighted by atomic mass is 16.7. The maximum atomic E-state index is 9.37. The first-order valence-electron chi connectivity index (χ1n) is 8.58. The van der Waals surface area contributed by atoms with Crippen molar-refractivity contribution in [2.45, 2.75) is 51.7 Å². The van der Waals surface area contributed by atoms with E-state index in [9.17, 15) is 10.2 Å². The van der Waals surface area contributed by atoms with Crippen LogP contribution in [-0.2, 0) is 0 Å². The molecule has 4 nitrogen and oxygen atoms in total. The van der Waals surface area contributed by atoms with Gasteiger partial charge in [0.05, 0.1) is 0 Å². The summed E-state index contributed by atoms with van der Waals surface area (Å²) < 4.78 is 11.8. The normalized spacial score (nSPS) is 10.8. The highest BCUT2D eigenvalue weighted by Gasteiger charge is 2.12. The van der Waals surface area contributed by atoms with Gasteiger partial charge in [0.25, 0.3) is 0 Å². The van der Waals surface area contributed by atoms with Gasteiger partial charge in [-0.1, -0.05) is 32.6 Å². The average molecular weight is 330 g/mol. The minimum atomic E-state index is -0.402. The molecule has 0 heterocycles. The van der Waals surface area contributed by atoms with Gasteiger partial charge in [0.2, 0.25) is 6.29 Å². The van der Waals surface area contributed by atoms with Crippen LogP contribution in [0, 0.1) is 0 Å². The number of benzene rings is 2. The van der Waals surface area contributed by atoms with E-state index in [0.717, 1.165) is 19.3 Å². The minimum Gasteiger partial charge on any atom is -0.508 e. The van der Waals surface area contributed by atoms with Gasteiger partial charge >= 0.3 is 0 Å². The lowest BCUT2D eigenvalue weighted by Gasteiger charge is -2.20. The highest BCUT2D eigenvalue weighted by molar-refractivity contribution is 5.31. The van der Waals surface area contributed by atoms with Gasteiger partial charge in [0, 0.05) is 6.42 Å². The second kappa shape index (κ2) is 9.71. The van der Waals surface area contributed by atoms with E-state index in [1.165, 1.54) is 19.3 Å². The van der Waals surface area contributed by atoms with Crippen molar-refractivity contribution in [1.29, 1.82) is 0 Å². The van der Waals surface area contributed by atoms with Crippen molar-refractivity contribution < 1.29 is 19.7 Å². The molecule has 0 aromatic heterocycles. The number of hydrogen-bond donors (Lipinski definition) is 2. The van der Waals surface area contributed by atoms with Crippen LogP contribution < -0.4 is 9.47 Å². The third kappa shape index (κ3) is 6.41. The molecule has 0 aliphatic rings. The minimum absolute atomic E-state index is 0.206. The molecule has 0 bridgehead atoms. The molecule has 0 unspecified atom stereocenters. The molecule has 0 atom stereocenters. The Morgan fingerprint density at radius 1 is 0.708 bits per heavy atom. The molecule has 0 spiro atoms. The Balaban J connectivity index is 1.94. The summed E-state index contributed by atoms with van der Waals surface area (Å²) in [4.78, 5) is 0. The standard InChI is InChI=1S/C20H26O4/c1-2-3-4-5-6-7-20(23-18-12-8-16(21)9-13-18)24-19-14-10-17(22)11-15-19/h8-15,20-22H,2-7H2,1H3. The topological polar surface area (TPSA) is 58.9 Å². The van der Waals surface area contributed by atoms with Crippen molar-refractivity contribution in [3.05, 3.63) is 48.5 Å². The lowest BCUT2D eigenvalue weighted by Crippen LogP contribution is -2.24. The second-order valence-corrected chi connectivity index (χ2v) is 5.86. The Bertz CT molecular complexity index is 530. The van der Waals surface area contributed by atoms with E-state index in [0.29, 0.717) is 11.5 Å². The summed E-state index contributed by atoms with van der Waals surface area (Å²) in [5.74, 6) is 1.73. The van der Waals surface area contributed by atoms with Crippen molar-refractivity contribution in [2.24, 2.45) is 0 Å². The number of phenolic OH excluding ortho intramolecular Hbond substituents is 2. The van der Waals surface area contributed by atoms with Crippen LogP contribution in [0.2, 0.25) is 0 Å². The van der Waals surface area contributed by atoms with Gasteiger partial charge in [-0.25, -0.2) is 0 Å². The molecule has 0 fully saturated rings. The van der Waals surface area contributed by atoms with Crippen LogP contribution in [0.25, 0.3) is 0 Å². The Labute approximate surface area is 143 Å². The van der Waals surface area contributed by atoms with Gasteiger partial charge in [0.1, 0.15) is 23.0 Å². The number of unbranched alkanes of at least 4 members (excludes halogenated alkanes) is 4. The summed E-state index contributed by atoms with van der Waals surface area (Å²) in [6.45, 7) is 2.20. The van der Waals surface area contributed by atoms with Crippen molar-refractivity contribution in [1.82, 2.24) is 0 Å². The first-order valence-corrected chi connectivity index (χ1v) is 8.58. The molecule has 2 rings (SSSR count). The zero-order chi connectivity index (χ0) is 17.2. The van der Waals surface area contributed by atoms with E-state index in [2.05, 4.69) is 6.92 Å². The first kappa shape index (κ1) is 18.0. The van der Waals surface area contributed by atoms with Gasteiger partial charge < -0.3 is 19.7 Å². The largest absolute Gasteiger partial charge is 0.508 e. The molecule has 2 N–H and O–H groups in total. The van der Waals surface area contributed by atoms with Gasteiger partial charge in [0.15, 0.2) is 0 Å². The zero-order valence-corrected chi connectivity index (χ0v) is 14.1. The van der Waals surface area contributed by atoms with E-state index in [4.69, 9.17) is 9.47 Å². The highest BCUT2D eigenvalue weighted by Crippen LogP contribution is 2.23. The van der Waals surface area contributed by atoms with Crippen LogP contribution in [0.15, 0.2) is 48.5 Å². The second-order valence-electron chi connectivity index (χ2n) is 5.86. The molecule has 2 aromatic rings. The van der Waals surface area contributed by atoms with Crippen LogP contribution in [0.1, 0.15) is 45.4 Å². The fourth-order valence-electron chi connectivity index (χ4n) is 2.41. The van der Waals surface area contributed by atoms with E-state index in [1.807, 2.05) is 0 Å². The summed E-state index contributed by atoms with van der Waals surface area (Å²) in [6, 6.07) is 13.3. The van der Waals surface area contributed by atoms with Crippen LogP contribution in [0.5, 0.6) is 23.0 Å². The Morgan fingerprint density at radius 2 is 1.17 bits per heavy atom. The average Bonchev–Trinajstić information content (AvgIpc) is 2.58. The Kier molecular flexibility index (Phi) is 7.27. The van der Waals surface area contributed by atoms with E-state index in [1.54, 1.807) is 48.5 Å². The van der Waals surface area contributed by atoms with E-state index < -0.39 is 6.29 Å². The lowest BCUT2D eigenvalue weighted by molar-refractivity contribution is -0.00252. The molecule has 0 amide bonds. The van der Waals surface area contributed by atoms with Crippen LogP contribution in [0.4, 0.5) is 0 Å². The number of hydrogen-bond acceptors (Lipinski definition) is 4. The zero-order valence-electron chi connectivity index (χ0n) is 14.1. The molecule has 0 aliphatic carbocycles. The number of aromatic hydroxyl groups is 2. The maximum Gasteiger partial charge on any atom is 0.241 e. The SMILES string of the molecule is CCCCCCCC(Oc1ccc(O)cc1)Oc1ccc(O)cc1. The molecular formula is C20H26O4. The summed E-state index contributed by atoms with van der Waals surface area (Å²) in [5, 5.41) is 18.7. The molecule has 0 saturated heterocycles. The molecule has 24 heavy (non-hydrogen) atoms. The van der Waals surface area contributed by atoms with Crippen molar-refractivity contribution in [3.8, 4) is 23.0 Å². The predicted molar refractivity (Wildman–Crippen MR) is 94.6 cm³/mol. The van der Waals surface area contributed by atoms with Crippen LogP contribution >= 0.6 is 0 Å². The maximum absolute atomic E-state index is 9.37. The van der Waals surface area contributed by atoms with Gasteiger partial charge in [-0.15, -0.1) is 0 Å². The summed E-state index contributed by atoms with van der Waals surface area (Å²) in [6.07, 6.45) is 6.26. The smallest absolute Gasteiger partial charge is 0.241 e. The number of phenols is 2. The van der Waals surface area contributed by atoms with Crippen molar-refractivity contribution in [3.63, 3.8) is 0 Å². The molecule has 0 aliphatic heterocycles. The summed E-state index contributed by atoms with van der Waals surface area (Å²) in [5.41, 5.74) is 0. The fourth-order valence-corrected chi connectivity index (χ4v) is 2.41. The Morgan fingerprint density at radius 3 is 1.62 bits per heavy atom. The number of ether oxygens (including phenoxy) is 2. The third-order valence-corrected chi connectivity index (χ3v) is 3.75. The van der Waals surface area contributed by atoms with Gasteiger partial charge in [-0.3, -0.25) is 0 Å². The monoisotopic (exact) mass is 330 g/mol. The van der Waals surface area contributed by atoms with E-state index in [-0.39, 0.29) is 11.5 Å². The van der Waals surface area contributed by atoms with Crippen LogP contribution in [-0.4, -0.2) is 16.5 Å².